The molecule has 0 atom stereocenters. The van der Waals surface area contributed by atoms with E-state index in [1.165, 1.54) is 0 Å². The van der Waals surface area contributed by atoms with Crippen molar-refractivity contribution in [1.82, 2.24) is 15.0 Å². The standard InChI is InChI=1S/C16H21N3O3S/c1-19-15(21)12-8-5-6-9-13(12)17-16(19)23-11-7-3-2-4-10-14(20)18-22/h5-6,8-9,22H,2-4,7,10-11H2,1H3,(H,18,20). The first-order valence-corrected chi connectivity index (χ1v) is 8.63. The van der Waals surface area contributed by atoms with Crippen LogP contribution in [0.25, 0.3) is 10.9 Å². The van der Waals surface area contributed by atoms with Gasteiger partial charge in [0.15, 0.2) is 5.16 Å². The van der Waals surface area contributed by atoms with Crippen LogP contribution >= 0.6 is 11.8 Å². The minimum absolute atomic E-state index is 0.0203. The lowest BCUT2D eigenvalue weighted by Crippen LogP contribution is -2.20. The molecule has 23 heavy (non-hydrogen) atoms. The summed E-state index contributed by atoms with van der Waals surface area (Å²) in [4.78, 5) is 27.7. The van der Waals surface area contributed by atoms with E-state index in [0.29, 0.717) is 11.8 Å². The lowest BCUT2D eigenvalue weighted by molar-refractivity contribution is -0.129. The summed E-state index contributed by atoms with van der Waals surface area (Å²) in [6.45, 7) is 0. The van der Waals surface area contributed by atoms with E-state index in [1.807, 2.05) is 18.2 Å². The fourth-order valence-corrected chi connectivity index (χ4v) is 3.26. The number of rotatable bonds is 8. The monoisotopic (exact) mass is 335 g/mol. The van der Waals surface area contributed by atoms with Gasteiger partial charge in [-0.05, 0) is 25.0 Å². The van der Waals surface area contributed by atoms with E-state index in [2.05, 4.69) is 4.98 Å². The highest BCUT2D eigenvalue weighted by Crippen LogP contribution is 2.18. The summed E-state index contributed by atoms with van der Waals surface area (Å²) < 4.78 is 1.60. The van der Waals surface area contributed by atoms with Gasteiger partial charge in [0.05, 0.1) is 10.9 Å². The zero-order valence-electron chi connectivity index (χ0n) is 13.1. The maximum atomic E-state index is 12.3. The zero-order valence-corrected chi connectivity index (χ0v) is 13.9. The van der Waals surface area contributed by atoms with Gasteiger partial charge in [-0.15, -0.1) is 0 Å². The molecule has 0 bridgehead atoms. The lowest BCUT2D eigenvalue weighted by atomic mass is 10.1. The Morgan fingerprint density at radius 3 is 2.78 bits per heavy atom. The van der Waals surface area contributed by atoms with Gasteiger partial charge in [0, 0.05) is 19.2 Å². The molecule has 0 spiro atoms. The Labute approximate surface area is 138 Å². The molecule has 1 aromatic heterocycles. The molecule has 0 saturated carbocycles. The summed E-state index contributed by atoms with van der Waals surface area (Å²) in [7, 11) is 1.75. The van der Waals surface area contributed by atoms with Crippen LogP contribution in [0.3, 0.4) is 0 Å². The number of benzene rings is 1. The van der Waals surface area contributed by atoms with E-state index in [4.69, 9.17) is 5.21 Å². The van der Waals surface area contributed by atoms with Gasteiger partial charge in [0.2, 0.25) is 5.91 Å². The highest BCUT2D eigenvalue weighted by Gasteiger charge is 2.08. The summed E-state index contributed by atoms with van der Waals surface area (Å²) >= 11 is 1.58. The molecule has 124 valence electrons. The number of hydroxylamine groups is 1. The number of thioether (sulfide) groups is 1. The topological polar surface area (TPSA) is 84.2 Å². The molecule has 0 unspecified atom stereocenters. The minimum atomic E-state index is -0.338. The van der Waals surface area contributed by atoms with Crippen molar-refractivity contribution in [3.8, 4) is 0 Å². The fourth-order valence-electron chi connectivity index (χ4n) is 2.29. The SMILES string of the molecule is Cn1c(SCCCCCCC(=O)NO)nc2ccccc2c1=O. The van der Waals surface area contributed by atoms with Gasteiger partial charge < -0.3 is 0 Å². The Balaban J connectivity index is 1.82. The molecule has 6 nitrogen and oxygen atoms in total. The maximum absolute atomic E-state index is 12.3. The molecule has 7 heteroatoms. The quantitative estimate of drug-likeness (QED) is 0.254. The summed E-state index contributed by atoms with van der Waals surface area (Å²) in [6, 6.07) is 7.37. The summed E-state index contributed by atoms with van der Waals surface area (Å²) in [5, 5.41) is 9.76. The third-order valence-corrected chi connectivity index (χ3v) is 4.71. The third-order valence-electron chi connectivity index (χ3n) is 3.60. The Morgan fingerprint density at radius 2 is 2.00 bits per heavy atom. The normalized spacial score (nSPS) is 10.9. The molecule has 0 aliphatic heterocycles. The molecular weight excluding hydrogens is 314 g/mol. The molecule has 0 fully saturated rings. The Morgan fingerprint density at radius 1 is 1.26 bits per heavy atom. The molecule has 1 heterocycles. The number of unbranched alkanes of at least 4 members (excludes halogenated alkanes) is 3. The number of para-hydroxylation sites is 1. The van der Waals surface area contributed by atoms with E-state index in [0.717, 1.165) is 42.1 Å². The number of hydrogen-bond donors (Lipinski definition) is 2. The number of nitrogens with one attached hydrogen (secondary N) is 1. The third kappa shape index (κ3) is 4.80. The number of hydrogen-bond acceptors (Lipinski definition) is 5. The number of amides is 1. The number of nitrogens with zero attached hydrogens (tertiary/aromatic N) is 2. The highest BCUT2D eigenvalue weighted by molar-refractivity contribution is 7.99. The first-order chi connectivity index (χ1) is 11.1. The molecule has 0 radical (unpaired) electrons. The predicted octanol–water partition coefficient (Wildman–Crippen LogP) is 2.48. The van der Waals surface area contributed by atoms with Gasteiger partial charge in [0.25, 0.3) is 5.56 Å². The van der Waals surface area contributed by atoms with Crippen molar-refractivity contribution in [1.29, 1.82) is 0 Å². The average molecular weight is 335 g/mol. The van der Waals surface area contributed by atoms with Crippen LogP contribution in [0.5, 0.6) is 0 Å². The van der Waals surface area contributed by atoms with E-state index in [1.54, 1.807) is 34.9 Å². The van der Waals surface area contributed by atoms with E-state index in [9.17, 15) is 9.59 Å². The fraction of sp³-hybridized carbons (Fsp3) is 0.438. The van der Waals surface area contributed by atoms with Crippen LogP contribution in [-0.4, -0.2) is 26.4 Å². The van der Waals surface area contributed by atoms with Gasteiger partial charge in [-0.2, -0.15) is 0 Å². The highest BCUT2D eigenvalue weighted by atomic mass is 32.2. The minimum Gasteiger partial charge on any atom is -0.290 e. The van der Waals surface area contributed by atoms with Crippen molar-refractivity contribution in [2.75, 3.05) is 5.75 Å². The molecule has 1 aromatic carbocycles. The van der Waals surface area contributed by atoms with Crippen LogP contribution in [0.15, 0.2) is 34.2 Å². The van der Waals surface area contributed by atoms with Gasteiger partial charge in [-0.25, -0.2) is 10.5 Å². The Hall–Kier alpha value is -1.86. The van der Waals surface area contributed by atoms with Gasteiger partial charge in [-0.3, -0.25) is 19.4 Å². The lowest BCUT2D eigenvalue weighted by Gasteiger charge is -2.08. The first kappa shape index (κ1) is 17.5. The van der Waals surface area contributed by atoms with Crippen LogP contribution in [-0.2, 0) is 11.8 Å². The van der Waals surface area contributed by atoms with Crippen LogP contribution in [0.1, 0.15) is 32.1 Å². The van der Waals surface area contributed by atoms with Crippen LogP contribution in [0.4, 0.5) is 0 Å². The number of carbonyl (C=O) groups excluding carboxylic acids is 1. The second-order valence-corrected chi connectivity index (χ2v) is 6.39. The molecule has 2 rings (SSSR count). The van der Waals surface area contributed by atoms with E-state index >= 15 is 0 Å². The van der Waals surface area contributed by atoms with E-state index < -0.39 is 0 Å². The first-order valence-electron chi connectivity index (χ1n) is 7.65. The second-order valence-electron chi connectivity index (χ2n) is 5.32. The van der Waals surface area contributed by atoms with Crippen LogP contribution in [0, 0.1) is 0 Å². The molecule has 0 aliphatic carbocycles. The number of fused-ring (bicyclic) bond motifs is 1. The second kappa shape index (κ2) is 8.69. The number of aromatic nitrogens is 2. The molecule has 0 saturated heterocycles. The van der Waals surface area contributed by atoms with Crippen molar-refractivity contribution in [2.45, 2.75) is 37.3 Å². The average Bonchev–Trinajstić information content (AvgIpc) is 2.57. The van der Waals surface area contributed by atoms with Gasteiger partial charge in [0.1, 0.15) is 0 Å². The van der Waals surface area contributed by atoms with Crippen molar-refractivity contribution in [3.63, 3.8) is 0 Å². The van der Waals surface area contributed by atoms with E-state index in [-0.39, 0.29) is 11.5 Å². The molecule has 2 N–H and O–H groups in total. The Kier molecular flexibility index (Phi) is 6.61. The van der Waals surface area contributed by atoms with Gasteiger partial charge >= 0.3 is 0 Å². The van der Waals surface area contributed by atoms with Crippen LogP contribution in [0.2, 0.25) is 0 Å². The van der Waals surface area contributed by atoms with Crippen molar-refractivity contribution in [3.05, 3.63) is 34.6 Å². The molecule has 1 amide bonds. The molecular formula is C16H21N3O3S. The predicted molar refractivity (Wildman–Crippen MR) is 90.7 cm³/mol. The Bertz CT molecular complexity index is 730. The summed E-state index contributed by atoms with van der Waals surface area (Å²) in [5.74, 6) is 0.542. The largest absolute Gasteiger partial charge is 0.290 e. The number of carbonyl (C=O) groups is 1. The molecule has 0 aliphatic rings. The molecule has 2 aromatic rings. The van der Waals surface area contributed by atoms with Crippen molar-refractivity contribution < 1.29 is 10.0 Å². The van der Waals surface area contributed by atoms with Crippen molar-refractivity contribution >= 4 is 28.6 Å². The smallest absolute Gasteiger partial charge is 0.261 e. The van der Waals surface area contributed by atoms with Crippen LogP contribution < -0.4 is 11.0 Å². The van der Waals surface area contributed by atoms with Crippen molar-refractivity contribution in [2.24, 2.45) is 7.05 Å². The van der Waals surface area contributed by atoms with Gasteiger partial charge in [-0.1, -0.05) is 36.7 Å². The maximum Gasteiger partial charge on any atom is 0.261 e. The summed E-state index contributed by atoms with van der Waals surface area (Å²) in [5.41, 5.74) is 2.34. The summed E-state index contributed by atoms with van der Waals surface area (Å²) in [6.07, 6.45) is 4.06. The zero-order chi connectivity index (χ0) is 16.7.